The maximum Gasteiger partial charge on any atom is 0.312 e. The topological polar surface area (TPSA) is 46.5 Å². The van der Waals surface area contributed by atoms with Crippen molar-refractivity contribution in [1.82, 2.24) is 0 Å². The van der Waals surface area contributed by atoms with Gasteiger partial charge in [-0.3, -0.25) is 4.79 Å². The van der Waals surface area contributed by atoms with E-state index < -0.39 is 0 Å². The van der Waals surface area contributed by atoms with Crippen molar-refractivity contribution in [2.45, 2.75) is 118 Å². The molecular weight excluding hydrogens is 504 g/mol. The Bertz CT molecular complexity index is 1270. The minimum absolute atomic E-state index is 0.0382. The van der Waals surface area contributed by atoms with Crippen molar-refractivity contribution in [1.29, 1.82) is 0 Å². The highest BCUT2D eigenvalue weighted by Gasteiger charge is 2.73. The Labute approximate surface area is 248 Å². The van der Waals surface area contributed by atoms with Gasteiger partial charge >= 0.3 is 5.97 Å². The molecule has 1 unspecified atom stereocenters. The van der Waals surface area contributed by atoms with Gasteiger partial charge in [-0.15, -0.1) is 0 Å². The first-order valence-corrected chi connectivity index (χ1v) is 16.8. The molecule has 0 aromatic heterocycles. The van der Waals surface area contributed by atoms with Gasteiger partial charge in [-0.1, -0.05) is 83.5 Å². The van der Waals surface area contributed by atoms with Gasteiger partial charge in [0.05, 0.1) is 18.6 Å². The second-order valence-corrected chi connectivity index (χ2v) is 17.4. The van der Waals surface area contributed by atoms with E-state index in [-0.39, 0.29) is 50.5 Å². The van der Waals surface area contributed by atoms with Crippen LogP contribution in [0.25, 0.3) is 0 Å². The summed E-state index contributed by atoms with van der Waals surface area (Å²) in [7, 11) is 1.60. The monoisotopic (exact) mass is 558 g/mol. The number of esters is 1. The molecule has 0 bridgehead atoms. The standard InChI is InChI=1S/C38H54O3/c1-33(2)17-19-38(32(40)41-7)20-18-36(5)26(27(38)22-33)13-14-30-34(3)23-28(39)31-25(24-11-9-8-10-12-24)21-35(31,4)29(34)15-16-37(30,36)6/h8-13,25,27-31,39H,14-23H2,1-7H3/t25?,27-,28+,29+,30+,31-,34-,35-,36+,37+,38-/m0/s1. The molecule has 5 saturated carbocycles. The minimum Gasteiger partial charge on any atom is -0.469 e. The number of carbonyl (C=O) groups excluding carboxylic acids is 1. The SMILES string of the molecule is COC(=O)[C@]12CCC(C)(C)C[C@H]1C1=CC[C@@H]3[C@@]4(C)C[C@@H](O)[C@@H]5C(c6ccccc6)C[C@@]5(C)[C@@H]4CC[C@@]3(C)[C@]1(C)CC2. The molecule has 0 heterocycles. The largest absolute Gasteiger partial charge is 0.469 e. The summed E-state index contributed by atoms with van der Waals surface area (Å²) in [5, 5.41) is 11.9. The number of rotatable bonds is 2. The Kier molecular flexibility index (Phi) is 6.00. The molecule has 0 spiro atoms. The predicted molar refractivity (Wildman–Crippen MR) is 164 cm³/mol. The van der Waals surface area contributed by atoms with Gasteiger partial charge in [0, 0.05) is 0 Å². The van der Waals surface area contributed by atoms with E-state index >= 15 is 0 Å². The Morgan fingerprint density at radius 1 is 0.854 bits per heavy atom. The minimum atomic E-state index is -0.347. The number of fused-ring (bicyclic) bond motifs is 9. The fraction of sp³-hybridized carbons (Fsp3) is 0.763. The maximum atomic E-state index is 13.5. The molecule has 5 fully saturated rings. The van der Waals surface area contributed by atoms with Crippen molar-refractivity contribution >= 4 is 5.97 Å². The van der Waals surface area contributed by atoms with Gasteiger partial charge in [0.25, 0.3) is 0 Å². The molecule has 0 aliphatic heterocycles. The Balaban J connectivity index is 1.26. The summed E-state index contributed by atoms with van der Waals surface area (Å²) in [6.07, 6.45) is 13.4. The summed E-state index contributed by atoms with van der Waals surface area (Å²) in [4.78, 5) is 13.5. The molecule has 0 saturated heterocycles. The van der Waals surface area contributed by atoms with Crippen LogP contribution in [0, 0.1) is 56.2 Å². The van der Waals surface area contributed by atoms with E-state index in [1.54, 1.807) is 12.7 Å². The highest BCUT2D eigenvalue weighted by molar-refractivity contribution is 5.78. The number of hydrogen-bond acceptors (Lipinski definition) is 3. The number of benzene rings is 1. The van der Waals surface area contributed by atoms with E-state index in [1.807, 2.05) is 0 Å². The number of ether oxygens (including phenoxy) is 1. The lowest BCUT2D eigenvalue weighted by molar-refractivity contribution is -0.254. The number of allylic oxidation sites excluding steroid dienone is 2. The lowest BCUT2D eigenvalue weighted by Crippen LogP contribution is -2.69. The number of aliphatic hydroxyl groups excluding tert-OH is 1. The van der Waals surface area contributed by atoms with Crippen LogP contribution < -0.4 is 0 Å². The molecule has 3 heteroatoms. The number of carbonyl (C=O) groups is 1. The first-order chi connectivity index (χ1) is 19.3. The van der Waals surface area contributed by atoms with Crippen LogP contribution in [0.3, 0.4) is 0 Å². The summed E-state index contributed by atoms with van der Waals surface area (Å²) in [6, 6.07) is 11.0. The van der Waals surface area contributed by atoms with E-state index in [2.05, 4.69) is 78.0 Å². The van der Waals surface area contributed by atoms with Crippen LogP contribution >= 0.6 is 0 Å². The summed E-state index contributed by atoms with van der Waals surface area (Å²) >= 11 is 0. The quantitative estimate of drug-likeness (QED) is 0.292. The molecule has 41 heavy (non-hydrogen) atoms. The smallest absolute Gasteiger partial charge is 0.312 e. The van der Waals surface area contributed by atoms with E-state index in [9.17, 15) is 9.90 Å². The molecule has 0 radical (unpaired) electrons. The summed E-state index contributed by atoms with van der Waals surface area (Å²) < 4.78 is 5.55. The van der Waals surface area contributed by atoms with Crippen LogP contribution in [0.5, 0.6) is 0 Å². The van der Waals surface area contributed by atoms with Crippen molar-refractivity contribution in [3.63, 3.8) is 0 Å². The molecule has 1 aromatic rings. The summed E-state index contributed by atoms with van der Waals surface area (Å²) in [5.74, 6) is 2.41. The second kappa shape index (κ2) is 8.73. The van der Waals surface area contributed by atoms with E-state index in [0.717, 1.165) is 44.9 Å². The molecule has 1 N–H and O–H groups in total. The molecule has 1 aromatic carbocycles. The zero-order chi connectivity index (χ0) is 29.2. The van der Waals surface area contributed by atoms with E-state index in [1.165, 1.54) is 24.8 Å². The van der Waals surface area contributed by atoms with Gasteiger partial charge in [0.2, 0.25) is 0 Å². The highest BCUT2D eigenvalue weighted by Crippen LogP contribution is 2.79. The molecule has 0 amide bonds. The van der Waals surface area contributed by atoms with Gasteiger partial charge in [-0.05, 0) is 126 Å². The highest BCUT2D eigenvalue weighted by atomic mass is 16.5. The van der Waals surface area contributed by atoms with Gasteiger partial charge in [0.1, 0.15) is 0 Å². The molecule has 6 aliphatic rings. The molecular formula is C38H54O3. The van der Waals surface area contributed by atoms with Crippen LogP contribution in [-0.4, -0.2) is 24.3 Å². The molecule has 7 rings (SSSR count). The summed E-state index contributed by atoms with van der Waals surface area (Å²) in [6.45, 7) is 15.1. The average molecular weight is 559 g/mol. The van der Waals surface area contributed by atoms with Crippen molar-refractivity contribution in [2.75, 3.05) is 7.11 Å². The van der Waals surface area contributed by atoms with Crippen molar-refractivity contribution in [3.05, 3.63) is 47.5 Å². The lowest BCUT2D eigenvalue weighted by Gasteiger charge is -2.75. The molecule has 6 aliphatic carbocycles. The Morgan fingerprint density at radius 3 is 2.27 bits per heavy atom. The second-order valence-electron chi connectivity index (χ2n) is 17.4. The van der Waals surface area contributed by atoms with Gasteiger partial charge in [-0.25, -0.2) is 0 Å². The fourth-order valence-electron chi connectivity index (χ4n) is 13.3. The number of aliphatic hydroxyl groups is 1. The van der Waals surface area contributed by atoms with Crippen LogP contribution in [0.15, 0.2) is 42.0 Å². The Hall–Kier alpha value is -1.61. The fourth-order valence-corrected chi connectivity index (χ4v) is 13.3. The van der Waals surface area contributed by atoms with E-state index in [0.29, 0.717) is 23.7 Å². The summed E-state index contributed by atoms with van der Waals surface area (Å²) in [5.41, 5.74) is 3.52. The van der Waals surface area contributed by atoms with Crippen molar-refractivity contribution < 1.29 is 14.6 Å². The van der Waals surface area contributed by atoms with Crippen molar-refractivity contribution in [3.8, 4) is 0 Å². The first-order valence-electron chi connectivity index (χ1n) is 16.8. The van der Waals surface area contributed by atoms with E-state index in [4.69, 9.17) is 4.74 Å². The van der Waals surface area contributed by atoms with Crippen LogP contribution in [-0.2, 0) is 9.53 Å². The first kappa shape index (κ1) is 28.2. The van der Waals surface area contributed by atoms with Gasteiger partial charge in [-0.2, -0.15) is 0 Å². The third-order valence-electron chi connectivity index (χ3n) is 15.4. The molecule has 3 nitrogen and oxygen atoms in total. The van der Waals surface area contributed by atoms with Gasteiger partial charge < -0.3 is 9.84 Å². The number of hydrogen-bond donors (Lipinski definition) is 1. The zero-order valence-corrected chi connectivity index (χ0v) is 26.8. The Morgan fingerprint density at radius 2 is 1.56 bits per heavy atom. The third kappa shape index (κ3) is 3.45. The van der Waals surface area contributed by atoms with Crippen LogP contribution in [0.1, 0.15) is 117 Å². The normalized spacial score (nSPS) is 51.4. The van der Waals surface area contributed by atoms with Crippen LogP contribution in [0.2, 0.25) is 0 Å². The molecule has 224 valence electrons. The van der Waals surface area contributed by atoms with Gasteiger partial charge in [0.15, 0.2) is 0 Å². The third-order valence-corrected chi connectivity index (χ3v) is 15.4. The average Bonchev–Trinajstić information content (AvgIpc) is 2.91. The predicted octanol–water partition coefficient (Wildman–Crippen LogP) is 8.72. The van der Waals surface area contributed by atoms with Crippen molar-refractivity contribution in [2.24, 2.45) is 56.2 Å². The molecule has 11 atom stereocenters. The maximum absolute atomic E-state index is 13.5. The number of methoxy groups -OCH3 is 1. The lowest BCUT2D eigenvalue weighted by atomic mass is 9.30. The van der Waals surface area contributed by atoms with Crippen LogP contribution in [0.4, 0.5) is 0 Å². The zero-order valence-electron chi connectivity index (χ0n) is 26.8.